The summed E-state index contributed by atoms with van der Waals surface area (Å²) in [5.74, 6) is 0.680. The van der Waals surface area contributed by atoms with Crippen LogP contribution in [-0.2, 0) is 4.79 Å². The molecule has 0 unspecified atom stereocenters. The fourth-order valence-corrected chi connectivity index (χ4v) is 1.38. The molecule has 94 valence electrons. The van der Waals surface area contributed by atoms with Gasteiger partial charge in [0.2, 0.25) is 5.91 Å². The molecular weight excluding hydrogens is 218 g/mol. The largest absolute Gasteiger partial charge is 0.461 e. The van der Waals surface area contributed by atoms with E-state index in [1.807, 2.05) is 0 Å². The second-order valence-corrected chi connectivity index (χ2v) is 4.43. The van der Waals surface area contributed by atoms with Crippen molar-refractivity contribution in [2.75, 3.05) is 6.54 Å². The van der Waals surface area contributed by atoms with Gasteiger partial charge in [-0.05, 0) is 24.5 Å². The van der Waals surface area contributed by atoms with E-state index < -0.39 is 0 Å². The van der Waals surface area contributed by atoms with Gasteiger partial charge in [-0.2, -0.15) is 0 Å². The Morgan fingerprint density at radius 2 is 2.12 bits per heavy atom. The molecule has 0 radical (unpaired) electrons. The summed E-state index contributed by atoms with van der Waals surface area (Å²) in [6.07, 6.45) is 2.83. The molecule has 1 aromatic heterocycles. The van der Waals surface area contributed by atoms with Crippen molar-refractivity contribution >= 4 is 11.7 Å². The summed E-state index contributed by atoms with van der Waals surface area (Å²) in [6.45, 7) is 4.88. The third kappa shape index (κ3) is 5.33. The Morgan fingerprint density at radius 1 is 1.35 bits per heavy atom. The molecule has 0 saturated carbocycles. The van der Waals surface area contributed by atoms with Crippen molar-refractivity contribution in [3.8, 4) is 0 Å². The second-order valence-electron chi connectivity index (χ2n) is 4.43. The lowest BCUT2D eigenvalue weighted by Crippen LogP contribution is -2.25. The van der Waals surface area contributed by atoms with E-state index in [4.69, 9.17) is 4.42 Å². The number of hydrogen-bond donors (Lipinski definition) is 1. The molecule has 0 aliphatic heterocycles. The van der Waals surface area contributed by atoms with E-state index in [0.29, 0.717) is 18.2 Å². The van der Waals surface area contributed by atoms with Crippen molar-refractivity contribution < 1.29 is 14.0 Å². The van der Waals surface area contributed by atoms with Gasteiger partial charge in [-0.25, -0.2) is 0 Å². The van der Waals surface area contributed by atoms with E-state index in [1.165, 1.54) is 6.26 Å². The Balaban J connectivity index is 2.18. The van der Waals surface area contributed by atoms with Gasteiger partial charge in [-0.15, -0.1) is 0 Å². The highest BCUT2D eigenvalue weighted by atomic mass is 16.3. The van der Waals surface area contributed by atoms with Gasteiger partial charge < -0.3 is 9.73 Å². The summed E-state index contributed by atoms with van der Waals surface area (Å²) in [5.41, 5.74) is 0. The van der Waals surface area contributed by atoms with Gasteiger partial charge in [0.1, 0.15) is 0 Å². The lowest BCUT2D eigenvalue weighted by atomic mass is 10.1. The Kier molecular flexibility index (Phi) is 5.46. The fraction of sp³-hybridized carbons (Fsp3) is 0.538. The smallest absolute Gasteiger partial charge is 0.220 e. The number of rotatable bonds is 7. The van der Waals surface area contributed by atoms with Crippen molar-refractivity contribution in [1.82, 2.24) is 5.32 Å². The molecule has 1 aromatic rings. The molecule has 1 N–H and O–H groups in total. The summed E-state index contributed by atoms with van der Waals surface area (Å²) in [6, 6.07) is 3.27. The van der Waals surface area contributed by atoms with Crippen LogP contribution in [0.2, 0.25) is 0 Å². The number of hydrogen-bond acceptors (Lipinski definition) is 3. The fourth-order valence-electron chi connectivity index (χ4n) is 1.38. The van der Waals surface area contributed by atoms with Gasteiger partial charge in [0.05, 0.1) is 6.26 Å². The quantitative estimate of drug-likeness (QED) is 0.741. The van der Waals surface area contributed by atoms with E-state index in [-0.39, 0.29) is 24.5 Å². The zero-order valence-electron chi connectivity index (χ0n) is 10.4. The van der Waals surface area contributed by atoms with E-state index in [2.05, 4.69) is 19.2 Å². The van der Waals surface area contributed by atoms with Gasteiger partial charge in [0.15, 0.2) is 11.5 Å². The number of Topliss-reactive ketones (excluding diaryl/α,β-unsaturated/α-hetero) is 1. The first-order valence-corrected chi connectivity index (χ1v) is 5.93. The minimum atomic E-state index is -0.131. The van der Waals surface area contributed by atoms with Crippen LogP contribution in [0.3, 0.4) is 0 Å². The first kappa shape index (κ1) is 13.5. The molecule has 4 nitrogen and oxygen atoms in total. The molecule has 1 amide bonds. The lowest BCUT2D eigenvalue weighted by Gasteiger charge is -2.06. The normalized spacial score (nSPS) is 10.5. The molecular formula is C13H19NO3. The average molecular weight is 237 g/mol. The van der Waals surface area contributed by atoms with E-state index in [0.717, 1.165) is 6.42 Å². The molecule has 0 atom stereocenters. The van der Waals surface area contributed by atoms with Crippen LogP contribution < -0.4 is 5.32 Å². The molecule has 0 fully saturated rings. The molecule has 4 heteroatoms. The van der Waals surface area contributed by atoms with Crippen molar-refractivity contribution in [2.45, 2.75) is 33.1 Å². The molecule has 0 spiro atoms. The van der Waals surface area contributed by atoms with Gasteiger partial charge in [-0.1, -0.05) is 13.8 Å². The molecule has 0 saturated heterocycles. The number of furan rings is 1. The van der Waals surface area contributed by atoms with Crippen LogP contribution in [0, 0.1) is 5.92 Å². The Morgan fingerprint density at radius 3 is 2.71 bits per heavy atom. The lowest BCUT2D eigenvalue weighted by molar-refractivity contribution is -0.121. The van der Waals surface area contributed by atoms with Gasteiger partial charge >= 0.3 is 0 Å². The van der Waals surface area contributed by atoms with Crippen LogP contribution in [0.15, 0.2) is 22.8 Å². The average Bonchev–Trinajstić information content (AvgIpc) is 2.78. The Hall–Kier alpha value is -1.58. The van der Waals surface area contributed by atoms with Crippen LogP contribution in [-0.4, -0.2) is 18.2 Å². The summed E-state index contributed by atoms with van der Waals surface area (Å²) in [4.78, 5) is 22.9. The minimum absolute atomic E-state index is 0.0782. The zero-order valence-corrected chi connectivity index (χ0v) is 10.4. The molecule has 0 aromatic carbocycles. The SMILES string of the molecule is CC(C)CCNC(=O)CCC(=O)c1ccco1. The van der Waals surface area contributed by atoms with E-state index >= 15 is 0 Å². The van der Waals surface area contributed by atoms with Crippen LogP contribution in [0.4, 0.5) is 0 Å². The maximum absolute atomic E-state index is 11.5. The number of amides is 1. The maximum Gasteiger partial charge on any atom is 0.220 e. The minimum Gasteiger partial charge on any atom is -0.461 e. The van der Waals surface area contributed by atoms with Crippen LogP contribution in [0.5, 0.6) is 0 Å². The van der Waals surface area contributed by atoms with Crippen molar-refractivity contribution in [3.63, 3.8) is 0 Å². The standard InChI is InChI=1S/C13H19NO3/c1-10(2)7-8-14-13(16)6-5-11(15)12-4-3-9-17-12/h3-4,9-10H,5-8H2,1-2H3,(H,14,16). The van der Waals surface area contributed by atoms with Gasteiger partial charge in [0.25, 0.3) is 0 Å². The third-order valence-electron chi connectivity index (χ3n) is 2.42. The molecule has 0 aliphatic carbocycles. The third-order valence-corrected chi connectivity index (χ3v) is 2.42. The van der Waals surface area contributed by atoms with Gasteiger partial charge in [-0.3, -0.25) is 9.59 Å². The number of carbonyl (C=O) groups is 2. The van der Waals surface area contributed by atoms with Crippen LogP contribution in [0.25, 0.3) is 0 Å². The highest BCUT2D eigenvalue weighted by Gasteiger charge is 2.11. The Labute approximate surface area is 101 Å². The van der Waals surface area contributed by atoms with Crippen LogP contribution in [0.1, 0.15) is 43.7 Å². The highest BCUT2D eigenvalue weighted by molar-refractivity contribution is 5.95. The summed E-state index contributed by atoms with van der Waals surface area (Å²) < 4.78 is 4.96. The summed E-state index contributed by atoms with van der Waals surface area (Å²) in [5, 5.41) is 2.79. The van der Waals surface area contributed by atoms with Crippen molar-refractivity contribution in [1.29, 1.82) is 0 Å². The molecule has 17 heavy (non-hydrogen) atoms. The van der Waals surface area contributed by atoms with Crippen LogP contribution >= 0.6 is 0 Å². The molecule has 1 heterocycles. The highest BCUT2D eigenvalue weighted by Crippen LogP contribution is 2.06. The van der Waals surface area contributed by atoms with Gasteiger partial charge in [0, 0.05) is 19.4 Å². The number of ketones is 1. The van der Waals surface area contributed by atoms with E-state index in [9.17, 15) is 9.59 Å². The number of carbonyl (C=O) groups excluding carboxylic acids is 2. The maximum atomic E-state index is 11.5. The van der Waals surface area contributed by atoms with E-state index in [1.54, 1.807) is 12.1 Å². The number of nitrogens with one attached hydrogen (secondary N) is 1. The molecule has 1 rings (SSSR count). The molecule has 0 bridgehead atoms. The van der Waals surface area contributed by atoms with Crippen molar-refractivity contribution in [3.05, 3.63) is 24.2 Å². The summed E-state index contributed by atoms with van der Waals surface area (Å²) >= 11 is 0. The summed E-state index contributed by atoms with van der Waals surface area (Å²) in [7, 11) is 0. The first-order chi connectivity index (χ1) is 8.09. The molecule has 0 aliphatic rings. The van der Waals surface area contributed by atoms with Crippen molar-refractivity contribution in [2.24, 2.45) is 5.92 Å². The predicted molar refractivity (Wildman–Crippen MR) is 64.7 cm³/mol. The first-order valence-electron chi connectivity index (χ1n) is 5.93. The zero-order chi connectivity index (χ0) is 12.7. The predicted octanol–water partition coefficient (Wildman–Crippen LogP) is 2.40. The monoisotopic (exact) mass is 237 g/mol. The Bertz CT molecular complexity index is 355. The topological polar surface area (TPSA) is 59.3 Å². The second kappa shape index (κ2) is 6.89.